The van der Waals surface area contributed by atoms with E-state index in [1.807, 2.05) is 45.0 Å². The Labute approximate surface area is 187 Å². The summed E-state index contributed by atoms with van der Waals surface area (Å²) in [6.07, 6.45) is 2.86. The van der Waals surface area contributed by atoms with Crippen LogP contribution in [0, 0.1) is 0 Å². The third-order valence-corrected chi connectivity index (χ3v) is 5.00. The van der Waals surface area contributed by atoms with Crippen molar-refractivity contribution in [3.63, 3.8) is 0 Å². The highest BCUT2D eigenvalue weighted by molar-refractivity contribution is 5.89. The van der Waals surface area contributed by atoms with E-state index >= 15 is 0 Å². The molecule has 2 rings (SSSR count). The number of urea groups is 1. The highest BCUT2D eigenvalue weighted by atomic mass is 16.5. The van der Waals surface area contributed by atoms with E-state index in [1.165, 1.54) is 25.1 Å². The summed E-state index contributed by atoms with van der Waals surface area (Å²) in [7, 11) is 2.54. The fraction of sp³-hybridized carbons (Fsp3) is 0.391. The largest absolute Gasteiger partial charge is 0.469 e. The van der Waals surface area contributed by atoms with Crippen molar-refractivity contribution in [2.75, 3.05) is 19.5 Å². The second kappa shape index (κ2) is 10.6. The number of carbonyl (C=O) groups is 3. The molecule has 0 saturated heterocycles. The average Bonchev–Trinajstić information content (AvgIpc) is 3.20. The number of carbonyl (C=O) groups excluding carboxylic acids is 3. The van der Waals surface area contributed by atoms with Crippen molar-refractivity contribution < 1.29 is 23.9 Å². The third-order valence-electron chi connectivity index (χ3n) is 5.00. The van der Waals surface area contributed by atoms with Crippen molar-refractivity contribution in [2.45, 2.75) is 45.2 Å². The molecule has 0 fully saturated rings. The predicted octanol–water partition coefficient (Wildman–Crippen LogP) is 3.64. The number of aromatic nitrogens is 2. The van der Waals surface area contributed by atoms with Gasteiger partial charge in [-0.05, 0) is 38.0 Å². The van der Waals surface area contributed by atoms with Crippen molar-refractivity contribution >= 4 is 29.2 Å². The van der Waals surface area contributed by atoms with E-state index in [-0.39, 0.29) is 12.8 Å². The third kappa shape index (κ3) is 6.69. The van der Waals surface area contributed by atoms with Crippen LogP contribution < -0.4 is 10.6 Å². The Hall–Kier alpha value is -3.62. The van der Waals surface area contributed by atoms with Gasteiger partial charge >= 0.3 is 18.0 Å². The molecule has 2 aromatic rings. The van der Waals surface area contributed by atoms with Gasteiger partial charge in [-0.1, -0.05) is 30.4 Å². The number of nitrogens with zero attached hydrogens (tertiary/aromatic N) is 2. The summed E-state index contributed by atoms with van der Waals surface area (Å²) in [6.45, 7) is 9.69. The van der Waals surface area contributed by atoms with Crippen molar-refractivity contribution in [1.29, 1.82) is 0 Å². The molecule has 0 bridgehead atoms. The average molecular weight is 443 g/mol. The molecule has 32 heavy (non-hydrogen) atoms. The number of benzene rings is 1. The quantitative estimate of drug-likeness (QED) is 0.574. The minimum atomic E-state index is -0.649. The highest BCUT2D eigenvalue weighted by Crippen LogP contribution is 2.24. The van der Waals surface area contributed by atoms with Gasteiger partial charge in [-0.15, -0.1) is 0 Å². The SMILES string of the molecule is C=C(C)c1cccc(C(C)(C)NC(=O)Nc2cnn(C(CC(=O)OC)CC(=O)OC)c2)c1. The standard InChI is InChI=1S/C23H30N4O5/c1-15(2)16-8-7-9-17(10-16)23(3,4)26-22(30)25-18-13-24-27(14-18)19(11-20(28)31-5)12-21(29)32-6/h7-10,13-14,19H,1,11-12H2,2-6H3,(H2,25,26,30). The number of hydrogen-bond acceptors (Lipinski definition) is 6. The van der Waals surface area contributed by atoms with Crippen molar-refractivity contribution in [2.24, 2.45) is 0 Å². The molecule has 9 nitrogen and oxygen atoms in total. The van der Waals surface area contributed by atoms with Crippen LogP contribution in [-0.2, 0) is 24.6 Å². The number of esters is 2. The number of ether oxygens (including phenoxy) is 2. The van der Waals surface area contributed by atoms with Crippen LogP contribution in [0.3, 0.4) is 0 Å². The van der Waals surface area contributed by atoms with Gasteiger partial charge in [0.05, 0.1) is 50.5 Å². The maximum Gasteiger partial charge on any atom is 0.320 e. The van der Waals surface area contributed by atoms with Crippen molar-refractivity contribution in [1.82, 2.24) is 15.1 Å². The number of anilines is 1. The maximum atomic E-state index is 12.6. The summed E-state index contributed by atoms with van der Waals surface area (Å²) in [5, 5.41) is 9.85. The fourth-order valence-corrected chi connectivity index (χ4v) is 3.10. The van der Waals surface area contributed by atoms with E-state index in [0.717, 1.165) is 16.7 Å². The first-order valence-corrected chi connectivity index (χ1v) is 10.1. The minimum Gasteiger partial charge on any atom is -0.469 e. The normalized spacial score (nSPS) is 11.1. The van der Waals surface area contributed by atoms with E-state index in [9.17, 15) is 14.4 Å². The molecular formula is C23H30N4O5. The lowest BCUT2D eigenvalue weighted by molar-refractivity contribution is -0.144. The molecule has 172 valence electrons. The van der Waals surface area contributed by atoms with Crippen LogP contribution in [0.4, 0.5) is 10.5 Å². The summed E-state index contributed by atoms with van der Waals surface area (Å²) < 4.78 is 10.8. The lowest BCUT2D eigenvalue weighted by Crippen LogP contribution is -2.43. The van der Waals surface area contributed by atoms with E-state index < -0.39 is 29.6 Å². The molecule has 1 aromatic heterocycles. The Bertz CT molecular complexity index is 978. The van der Waals surface area contributed by atoms with Crippen LogP contribution in [0.15, 0.2) is 43.2 Å². The molecule has 0 aliphatic rings. The summed E-state index contributed by atoms with van der Waals surface area (Å²) in [5.74, 6) is -0.971. The minimum absolute atomic E-state index is 0.0645. The zero-order chi connectivity index (χ0) is 23.9. The molecule has 0 aliphatic heterocycles. The lowest BCUT2D eigenvalue weighted by Gasteiger charge is -2.27. The second-order valence-electron chi connectivity index (χ2n) is 7.99. The Morgan fingerprint density at radius 3 is 2.34 bits per heavy atom. The second-order valence-corrected chi connectivity index (χ2v) is 7.99. The molecule has 0 atom stereocenters. The summed E-state index contributed by atoms with van der Waals surface area (Å²) >= 11 is 0. The zero-order valence-corrected chi connectivity index (χ0v) is 19.1. The van der Waals surface area contributed by atoms with E-state index in [2.05, 4.69) is 22.3 Å². The Balaban J connectivity index is 2.10. The van der Waals surface area contributed by atoms with Crippen LogP contribution in [0.2, 0.25) is 0 Å². The molecule has 2 N–H and O–H groups in total. The number of allylic oxidation sites excluding steroid dienone is 1. The summed E-state index contributed by atoms with van der Waals surface area (Å²) in [5.41, 5.74) is 2.63. The Morgan fingerprint density at radius 2 is 1.78 bits per heavy atom. The lowest BCUT2D eigenvalue weighted by atomic mass is 9.92. The molecule has 0 radical (unpaired) electrons. The monoisotopic (exact) mass is 442 g/mol. The van der Waals surface area contributed by atoms with Crippen LogP contribution in [0.1, 0.15) is 50.8 Å². The molecule has 0 saturated carbocycles. The van der Waals surface area contributed by atoms with Gasteiger partial charge in [-0.25, -0.2) is 4.79 Å². The topological polar surface area (TPSA) is 112 Å². The first-order chi connectivity index (χ1) is 15.1. The van der Waals surface area contributed by atoms with Crippen LogP contribution in [0.5, 0.6) is 0 Å². The molecule has 0 unspecified atom stereocenters. The first-order valence-electron chi connectivity index (χ1n) is 10.1. The van der Waals surface area contributed by atoms with Crippen LogP contribution in [0.25, 0.3) is 5.57 Å². The van der Waals surface area contributed by atoms with Gasteiger partial charge in [0.2, 0.25) is 0 Å². The van der Waals surface area contributed by atoms with E-state index in [4.69, 9.17) is 9.47 Å². The Morgan fingerprint density at radius 1 is 1.16 bits per heavy atom. The number of methoxy groups -OCH3 is 2. The van der Waals surface area contributed by atoms with Gasteiger partial charge < -0.3 is 20.1 Å². The van der Waals surface area contributed by atoms with Gasteiger partial charge in [-0.2, -0.15) is 5.10 Å². The van der Waals surface area contributed by atoms with Gasteiger partial charge in [-0.3, -0.25) is 14.3 Å². The van der Waals surface area contributed by atoms with Gasteiger partial charge in [0.25, 0.3) is 0 Å². The fourth-order valence-electron chi connectivity index (χ4n) is 3.10. The van der Waals surface area contributed by atoms with Gasteiger partial charge in [0, 0.05) is 6.20 Å². The maximum absolute atomic E-state index is 12.6. The van der Waals surface area contributed by atoms with Crippen LogP contribution in [-0.4, -0.2) is 42.0 Å². The molecular weight excluding hydrogens is 412 g/mol. The molecule has 2 amide bonds. The smallest absolute Gasteiger partial charge is 0.320 e. The summed E-state index contributed by atoms with van der Waals surface area (Å²) in [4.78, 5) is 36.0. The molecule has 1 aromatic carbocycles. The highest BCUT2D eigenvalue weighted by Gasteiger charge is 2.25. The van der Waals surface area contributed by atoms with Crippen molar-refractivity contribution in [3.05, 3.63) is 54.4 Å². The number of nitrogens with one attached hydrogen (secondary N) is 2. The zero-order valence-electron chi connectivity index (χ0n) is 19.1. The summed E-state index contributed by atoms with van der Waals surface area (Å²) in [6, 6.07) is 6.80. The number of rotatable bonds is 9. The van der Waals surface area contributed by atoms with Crippen LogP contribution >= 0.6 is 0 Å². The molecule has 9 heteroatoms. The van der Waals surface area contributed by atoms with E-state index in [1.54, 1.807) is 6.20 Å². The molecule has 1 heterocycles. The van der Waals surface area contributed by atoms with Gasteiger partial charge in [0.1, 0.15) is 0 Å². The first kappa shape index (κ1) is 24.6. The number of amides is 2. The molecule has 0 spiro atoms. The number of hydrogen-bond donors (Lipinski definition) is 2. The Kier molecular flexibility index (Phi) is 8.17. The van der Waals surface area contributed by atoms with Gasteiger partial charge in [0.15, 0.2) is 0 Å². The van der Waals surface area contributed by atoms with E-state index in [0.29, 0.717) is 5.69 Å². The predicted molar refractivity (Wildman–Crippen MR) is 121 cm³/mol. The van der Waals surface area contributed by atoms with Crippen molar-refractivity contribution in [3.8, 4) is 0 Å². The molecule has 0 aliphatic carbocycles.